The largest absolute Gasteiger partial charge is 0.500 e. The number of hydrogen-bond acceptors (Lipinski definition) is 5. The highest BCUT2D eigenvalue weighted by Crippen LogP contribution is 2.40. The molecule has 0 rings (SSSR count). The number of hydrogen-bond donors (Lipinski definition) is 1. The molecule has 1 unspecified atom stereocenters. The molecule has 0 aliphatic heterocycles. The summed E-state index contributed by atoms with van der Waals surface area (Å²) in [6.07, 6.45) is 0.195. The molecule has 0 heterocycles. The van der Waals surface area contributed by atoms with Crippen LogP contribution in [0.15, 0.2) is 0 Å². The predicted molar refractivity (Wildman–Crippen MR) is 83.1 cm³/mol. The fourth-order valence-electron chi connectivity index (χ4n) is 1.38. The Morgan fingerprint density at radius 1 is 0.850 bits per heavy atom. The lowest BCUT2D eigenvalue weighted by atomic mass is 10.9. The van der Waals surface area contributed by atoms with Crippen LogP contribution in [0.4, 0.5) is 0 Å². The van der Waals surface area contributed by atoms with E-state index in [0.717, 1.165) is 6.04 Å². The van der Waals surface area contributed by atoms with Crippen molar-refractivity contribution in [3.63, 3.8) is 0 Å². The van der Waals surface area contributed by atoms with Crippen LogP contribution < -0.4 is 0 Å². The molecule has 0 aromatic rings. The van der Waals surface area contributed by atoms with Gasteiger partial charge in [-0.25, -0.2) is 0 Å². The second kappa shape index (κ2) is 12.9. The molecule has 0 aliphatic carbocycles. The maximum absolute atomic E-state index is 10.5. The average molecular weight is 330 g/mol. The molecular formula is C12H31O6PSi. The summed E-state index contributed by atoms with van der Waals surface area (Å²) < 4.78 is 31.7. The second-order valence-corrected chi connectivity index (χ2v) is 8.81. The maximum Gasteiger partial charge on any atom is 0.500 e. The van der Waals surface area contributed by atoms with Crippen LogP contribution in [0.25, 0.3) is 0 Å². The van der Waals surface area contributed by atoms with Crippen molar-refractivity contribution >= 4 is 16.4 Å². The summed E-state index contributed by atoms with van der Waals surface area (Å²) in [4.78, 5) is 8.66. The Balaban J connectivity index is 0. The first-order valence-corrected chi connectivity index (χ1v) is 10.9. The molecule has 0 saturated carbocycles. The smallest absolute Gasteiger partial charge is 0.374 e. The molecule has 1 atom stereocenters. The Kier molecular flexibility index (Phi) is 14.6. The van der Waals surface area contributed by atoms with E-state index >= 15 is 0 Å². The minimum atomic E-state index is -3.17. The summed E-state index contributed by atoms with van der Waals surface area (Å²) in [5.74, 6) is 0. The van der Waals surface area contributed by atoms with Gasteiger partial charge in [0.15, 0.2) is 0 Å². The molecule has 1 N–H and O–H groups in total. The highest BCUT2D eigenvalue weighted by Gasteiger charge is 2.37. The van der Waals surface area contributed by atoms with Crippen LogP contribution in [0.3, 0.4) is 0 Å². The van der Waals surface area contributed by atoms with Crippen molar-refractivity contribution < 1.29 is 27.3 Å². The van der Waals surface area contributed by atoms with Crippen molar-refractivity contribution in [2.45, 2.75) is 47.6 Å². The summed E-state index contributed by atoms with van der Waals surface area (Å²) in [6, 6.07) is 0.850. The van der Waals surface area contributed by atoms with Gasteiger partial charge in [-0.3, -0.25) is 4.57 Å². The fourth-order valence-corrected chi connectivity index (χ4v) is 4.15. The normalized spacial score (nSPS) is 14.3. The Hall–Kier alpha value is 0.247. The molecule has 0 saturated heterocycles. The van der Waals surface area contributed by atoms with Crippen molar-refractivity contribution in [3.05, 3.63) is 0 Å². The van der Waals surface area contributed by atoms with Crippen LogP contribution in [0.2, 0.25) is 6.04 Å². The van der Waals surface area contributed by atoms with Gasteiger partial charge in [0.2, 0.25) is 0 Å². The van der Waals surface area contributed by atoms with Gasteiger partial charge in [0.1, 0.15) is 0 Å². The SMILES string of the molecule is CCOP(=O)(O)CC.CCO[Si](CC)(OCC)OCC. The Morgan fingerprint density at radius 3 is 1.40 bits per heavy atom. The van der Waals surface area contributed by atoms with E-state index in [0.29, 0.717) is 26.4 Å². The zero-order chi connectivity index (χ0) is 16.1. The van der Waals surface area contributed by atoms with Gasteiger partial charge >= 0.3 is 16.4 Å². The molecule has 124 valence electrons. The van der Waals surface area contributed by atoms with E-state index in [1.54, 1.807) is 13.8 Å². The van der Waals surface area contributed by atoms with Crippen LogP contribution in [-0.2, 0) is 22.4 Å². The minimum absolute atomic E-state index is 0.195. The van der Waals surface area contributed by atoms with Gasteiger partial charge in [0, 0.05) is 32.0 Å². The second-order valence-electron chi connectivity index (χ2n) is 3.71. The summed E-state index contributed by atoms with van der Waals surface area (Å²) in [5, 5.41) is 0. The zero-order valence-electron chi connectivity index (χ0n) is 13.7. The van der Waals surface area contributed by atoms with Crippen molar-refractivity contribution in [1.29, 1.82) is 0 Å². The third kappa shape index (κ3) is 11.0. The van der Waals surface area contributed by atoms with Gasteiger partial charge in [-0.2, -0.15) is 0 Å². The Bertz CT molecular complexity index is 247. The molecular weight excluding hydrogens is 299 g/mol. The average Bonchev–Trinajstić information content (AvgIpc) is 2.40. The molecule has 0 spiro atoms. The highest BCUT2D eigenvalue weighted by molar-refractivity contribution is 7.52. The third-order valence-corrected chi connectivity index (χ3v) is 6.77. The van der Waals surface area contributed by atoms with Crippen LogP contribution in [-0.4, -0.2) is 46.3 Å². The van der Waals surface area contributed by atoms with E-state index in [1.807, 2.05) is 27.7 Å². The van der Waals surface area contributed by atoms with Gasteiger partial charge in [0.25, 0.3) is 0 Å². The summed E-state index contributed by atoms with van der Waals surface area (Å²) in [6.45, 7) is 13.6. The third-order valence-electron chi connectivity index (χ3n) is 2.26. The molecule has 0 aromatic carbocycles. The molecule has 0 amide bonds. The van der Waals surface area contributed by atoms with Crippen molar-refractivity contribution in [1.82, 2.24) is 0 Å². The van der Waals surface area contributed by atoms with Gasteiger partial charge < -0.3 is 22.7 Å². The van der Waals surface area contributed by atoms with Crippen molar-refractivity contribution in [3.8, 4) is 0 Å². The van der Waals surface area contributed by atoms with E-state index in [-0.39, 0.29) is 6.16 Å². The van der Waals surface area contributed by atoms with E-state index < -0.39 is 16.4 Å². The van der Waals surface area contributed by atoms with Crippen LogP contribution >= 0.6 is 7.60 Å². The van der Waals surface area contributed by atoms with Crippen LogP contribution in [0.5, 0.6) is 0 Å². The monoisotopic (exact) mass is 330 g/mol. The highest BCUT2D eigenvalue weighted by atomic mass is 31.2. The molecule has 8 heteroatoms. The first kappa shape index (κ1) is 22.5. The summed E-state index contributed by atoms with van der Waals surface area (Å²) in [5.41, 5.74) is 0. The first-order valence-electron chi connectivity index (χ1n) is 7.24. The Labute approximate surface area is 124 Å². The van der Waals surface area contributed by atoms with E-state index in [9.17, 15) is 4.57 Å². The molecule has 0 aliphatic rings. The number of rotatable bonds is 10. The fraction of sp³-hybridized carbons (Fsp3) is 1.00. The molecule has 6 nitrogen and oxygen atoms in total. The van der Waals surface area contributed by atoms with Gasteiger partial charge in [-0.1, -0.05) is 13.8 Å². The maximum atomic E-state index is 10.5. The lowest BCUT2D eigenvalue weighted by Gasteiger charge is -2.26. The molecule has 0 bridgehead atoms. The molecule has 20 heavy (non-hydrogen) atoms. The van der Waals surface area contributed by atoms with Gasteiger partial charge in [0.05, 0.1) is 6.61 Å². The first-order chi connectivity index (χ1) is 9.36. The van der Waals surface area contributed by atoms with Crippen molar-refractivity contribution in [2.75, 3.05) is 32.6 Å². The molecule has 0 aromatic heterocycles. The lowest BCUT2D eigenvalue weighted by Crippen LogP contribution is -2.45. The van der Waals surface area contributed by atoms with Gasteiger partial charge in [-0.15, -0.1) is 0 Å². The molecule has 0 fully saturated rings. The van der Waals surface area contributed by atoms with E-state index in [2.05, 4.69) is 4.52 Å². The van der Waals surface area contributed by atoms with E-state index in [1.165, 1.54) is 0 Å². The van der Waals surface area contributed by atoms with Crippen molar-refractivity contribution in [2.24, 2.45) is 0 Å². The van der Waals surface area contributed by atoms with Crippen LogP contribution in [0.1, 0.15) is 41.5 Å². The van der Waals surface area contributed by atoms with E-state index in [4.69, 9.17) is 18.2 Å². The van der Waals surface area contributed by atoms with Crippen LogP contribution in [0, 0.1) is 0 Å². The Morgan fingerprint density at radius 2 is 1.25 bits per heavy atom. The lowest BCUT2D eigenvalue weighted by molar-refractivity contribution is 0.0725. The quantitative estimate of drug-likeness (QED) is 0.489. The molecule has 0 radical (unpaired) electrons. The summed E-state index contributed by atoms with van der Waals surface area (Å²) >= 11 is 0. The zero-order valence-corrected chi connectivity index (χ0v) is 15.6. The summed E-state index contributed by atoms with van der Waals surface area (Å²) in [7, 11) is -5.44. The predicted octanol–water partition coefficient (Wildman–Crippen LogP) is 3.28. The van der Waals surface area contributed by atoms with Gasteiger partial charge in [-0.05, 0) is 27.7 Å². The standard InChI is InChI=1S/C8H20O3Si.C4H11O3P/c1-5-9-12(8-4,10-6-2)11-7-3;1-3-7-8(5,6)4-2/h5-8H2,1-4H3;3-4H2,1-2H3,(H,5,6). The minimum Gasteiger partial charge on any atom is -0.374 e. The topological polar surface area (TPSA) is 74.2 Å².